The molecule has 0 aliphatic carbocycles. The molecular formula is C17H27O4Si. The van der Waals surface area contributed by atoms with E-state index in [0.717, 1.165) is 0 Å². The molecule has 0 fully saturated rings. The minimum Gasteiger partial charge on any atom is -0.373 e. The summed E-state index contributed by atoms with van der Waals surface area (Å²) < 4.78 is 5.53. The van der Waals surface area contributed by atoms with Gasteiger partial charge in [-0.1, -0.05) is 37.0 Å². The molecule has 1 radical (unpaired) electrons. The van der Waals surface area contributed by atoms with Gasteiger partial charge < -0.3 is 4.74 Å². The topological polar surface area (TPSA) is 44.8 Å². The summed E-state index contributed by atoms with van der Waals surface area (Å²) in [6.45, 7) is 14.6. The zero-order valence-electron chi connectivity index (χ0n) is 14.6. The molecule has 123 valence electrons. The predicted molar refractivity (Wildman–Crippen MR) is 90.5 cm³/mol. The van der Waals surface area contributed by atoms with Crippen molar-refractivity contribution in [2.24, 2.45) is 0 Å². The van der Waals surface area contributed by atoms with Gasteiger partial charge in [-0.2, -0.15) is 4.89 Å². The first kappa shape index (κ1) is 18.9. The van der Waals surface area contributed by atoms with E-state index in [1.54, 1.807) is 19.1 Å². The van der Waals surface area contributed by atoms with Crippen molar-refractivity contribution in [3.05, 3.63) is 35.9 Å². The van der Waals surface area contributed by atoms with Crippen LogP contribution in [0.25, 0.3) is 0 Å². The number of hydrogen-bond acceptors (Lipinski definition) is 4. The molecule has 1 aromatic rings. The van der Waals surface area contributed by atoms with Crippen molar-refractivity contribution in [2.75, 3.05) is 6.61 Å². The van der Waals surface area contributed by atoms with E-state index < -0.39 is 14.0 Å². The molecule has 1 rings (SSSR count). The van der Waals surface area contributed by atoms with Gasteiger partial charge in [-0.3, -0.25) is 4.89 Å². The quantitative estimate of drug-likeness (QED) is 0.455. The molecule has 0 atom stereocenters. The number of hydrogen-bond donors (Lipinski definition) is 0. The van der Waals surface area contributed by atoms with Gasteiger partial charge in [-0.05, 0) is 39.8 Å². The summed E-state index contributed by atoms with van der Waals surface area (Å²) in [5.41, 5.74) is 0.216. The maximum absolute atomic E-state index is 11.9. The van der Waals surface area contributed by atoms with E-state index in [1.807, 2.05) is 32.9 Å². The summed E-state index contributed by atoms with van der Waals surface area (Å²) in [6.07, 6.45) is 0.502. The van der Waals surface area contributed by atoms with Gasteiger partial charge in [0.25, 0.3) is 0 Å². The summed E-state index contributed by atoms with van der Waals surface area (Å²) in [7, 11) is -1.36. The Morgan fingerprint density at radius 1 is 1.05 bits per heavy atom. The second-order valence-electron chi connectivity index (χ2n) is 7.38. The Morgan fingerprint density at radius 2 is 1.59 bits per heavy atom. The summed E-state index contributed by atoms with van der Waals surface area (Å²) in [5.74, 6) is -0.503. The summed E-state index contributed by atoms with van der Waals surface area (Å²) in [4.78, 5) is 21.8. The molecule has 0 aliphatic rings. The van der Waals surface area contributed by atoms with Gasteiger partial charge >= 0.3 is 5.97 Å². The maximum Gasteiger partial charge on any atom is 0.373 e. The Balaban J connectivity index is 2.49. The second-order valence-corrected chi connectivity index (χ2v) is 12.5. The third-order valence-corrected chi connectivity index (χ3v) is 5.02. The minimum atomic E-state index is -1.36. The lowest BCUT2D eigenvalue weighted by molar-refractivity contribution is -0.242. The van der Waals surface area contributed by atoms with Crippen LogP contribution in [-0.4, -0.2) is 26.3 Å². The molecule has 0 saturated carbocycles. The van der Waals surface area contributed by atoms with Crippen molar-refractivity contribution < 1.29 is 19.3 Å². The number of ether oxygens (including phenoxy) is 1. The molecule has 0 N–H and O–H groups in total. The lowest BCUT2D eigenvalue weighted by Crippen LogP contribution is -2.37. The highest BCUT2D eigenvalue weighted by Crippen LogP contribution is 2.13. The summed E-state index contributed by atoms with van der Waals surface area (Å²) in [5, 5.41) is 1.30. The standard InChI is InChI=1S/C17H27O4Si/c1-13(12-19-17(2,3)4)20-21-16(18)14-8-10-15(11-9-14)22(5,6)7/h8-11H,12H2,1-7H3. The Bertz CT molecular complexity index is 483. The van der Waals surface area contributed by atoms with Gasteiger partial charge in [0.05, 0.1) is 25.8 Å². The molecule has 1 aromatic carbocycles. The first-order valence-electron chi connectivity index (χ1n) is 7.45. The van der Waals surface area contributed by atoms with Crippen LogP contribution < -0.4 is 5.19 Å². The number of carbonyl (C=O) groups excluding carboxylic acids is 1. The molecule has 0 saturated heterocycles. The van der Waals surface area contributed by atoms with Gasteiger partial charge in [0.15, 0.2) is 6.10 Å². The monoisotopic (exact) mass is 323 g/mol. The molecule has 22 heavy (non-hydrogen) atoms. The molecule has 0 bridgehead atoms. The van der Waals surface area contributed by atoms with E-state index >= 15 is 0 Å². The summed E-state index contributed by atoms with van der Waals surface area (Å²) >= 11 is 0. The molecule has 0 aliphatic heterocycles. The third-order valence-electron chi connectivity index (χ3n) is 2.95. The van der Waals surface area contributed by atoms with Crippen molar-refractivity contribution in [3.8, 4) is 0 Å². The Morgan fingerprint density at radius 3 is 2.05 bits per heavy atom. The highest BCUT2D eigenvalue weighted by molar-refractivity contribution is 6.88. The lowest BCUT2D eigenvalue weighted by atomic mass is 10.2. The van der Waals surface area contributed by atoms with E-state index in [-0.39, 0.29) is 12.2 Å². The summed E-state index contributed by atoms with van der Waals surface area (Å²) in [6, 6.07) is 7.53. The largest absolute Gasteiger partial charge is 0.373 e. The first-order valence-corrected chi connectivity index (χ1v) is 10.9. The first-order chi connectivity index (χ1) is 9.99. The average molecular weight is 323 g/mol. The number of benzene rings is 1. The minimum absolute atomic E-state index is 0.263. The molecule has 0 amide bonds. The maximum atomic E-state index is 11.9. The van der Waals surface area contributed by atoms with Gasteiger partial charge in [0.1, 0.15) is 0 Å². The Labute approximate surface area is 134 Å². The van der Waals surface area contributed by atoms with Gasteiger partial charge in [-0.15, -0.1) is 0 Å². The smallest absolute Gasteiger partial charge is 0.373 e. The van der Waals surface area contributed by atoms with E-state index in [2.05, 4.69) is 19.6 Å². The second kappa shape index (κ2) is 7.40. The lowest BCUT2D eigenvalue weighted by Gasteiger charge is -2.21. The number of carbonyl (C=O) groups is 1. The SMILES string of the molecule is C[C](COC(C)(C)C)OOC(=O)c1ccc([Si](C)(C)C)cc1. The molecule has 5 heteroatoms. The molecule has 0 spiro atoms. The average Bonchev–Trinajstić information content (AvgIpc) is 2.41. The fourth-order valence-corrected chi connectivity index (χ4v) is 2.77. The fourth-order valence-electron chi connectivity index (χ4n) is 1.61. The molecule has 0 aromatic heterocycles. The van der Waals surface area contributed by atoms with Crippen LogP contribution in [0.15, 0.2) is 24.3 Å². The highest BCUT2D eigenvalue weighted by atomic mass is 28.3. The number of rotatable bonds is 6. The van der Waals surface area contributed by atoms with Crippen molar-refractivity contribution in [2.45, 2.75) is 52.9 Å². The van der Waals surface area contributed by atoms with Crippen LogP contribution in [0.2, 0.25) is 19.6 Å². The van der Waals surface area contributed by atoms with Gasteiger partial charge in [-0.25, -0.2) is 4.79 Å². The van der Waals surface area contributed by atoms with Crippen LogP contribution in [0.4, 0.5) is 0 Å². The molecular weight excluding hydrogens is 296 g/mol. The Hall–Kier alpha value is -1.17. The van der Waals surface area contributed by atoms with Crippen molar-refractivity contribution in [1.82, 2.24) is 0 Å². The van der Waals surface area contributed by atoms with Crippen molar-refractivity contribution in [1.29, 1.82) is 0 Å². The van der Waals surface area contributed by atoms with Crippen molar-refractivity contribution >= 4 is 19.2 Å². The van der Waals surface area contributed by atoms with Gasteiger partial charge in [0, 0.05) is 0 Å². The van der Waals surface area contributed by atoms with Crippen LogP contribution in [0.1, 0.15) is 38.1 Å². The molecule has 4 nitrogen and oxygen atoms in total. The highest BCUT2D eigenvalue weighted by Gasteiger charge is 2.19. The normalized spacial score (nSPS) is 12.5. The fraction of sp³-hybridized carbons (Fsp3) is 0.529. The van der Waals surface area contributed by atoms with Crippen LogP contribution in [0, 0.1) is 6.10 Å². The van der Waals surface area contributed by atoms with Crippen molar-refractivity contribution in [3.63, 3.8) is 0 Å². The van der Waals surface area contributed by atoms with E-state index in [9.17, 15) is 4.79 Å². The predicted octanol–water partition coefficient (Wildman–Crippen LogP) is 3.69. The zero-order valence-corrected chi connectivity index (χ0v) is 15.6. The van der Waals surface area contributed by atoms with E-state index in [0.29, 0.717) is 11.7 Å². The van der Waals surface area contributed by atoms with Gasteiger partial charge in [0.2, 0.25) is 0 Å². The third kappa shape index (κ3) is 6.73. The molecule has 0 heterocycles. The van der Waals surface area contributed by atoms with E-state index in [1.165, 1.54) is 5.19 Å². The van der Waals surface area contributed by atoms with Crippen LogP contribution >= 0.6 is 0 Å². The van der Waals surface area contributed by atoms with Crippen LogP contribution in [-0.2, 0) is 14.5 Å². The Kier molecular flexibility index (Phi) is 6.34. The van der Waals surface area contributed by atoms with Crippen LogP contribution in [0.3, 0.4) is 0 Å². The van der Waals surface area contributed by atoms with E-state index in [4.69, 9.17) is 14.5 Å². The molecule has 0 unspecified atom stereocenters. The zero-order chi connectivity index (χ0) is 17.0. The van der Waals surface area contributed by atoms with Crippen LogP contribution in [0.5, 0.6) is 0 Å².